The first-order valence-electron chi connectivity index (χ1n) is 17.5. The molecule has 0 unspecified atom stereocenters. The molecule has 1 heteroatoms. The number of anilines is 3. The molecule has 0 heterocycles. The Bertz CT molecular complexity index is 2490. The number of hydrogen-bond acceptors (Lipinski definition) is 1. The average Bonchev–Trinajstić information content (AvgIpc) is 3.41. The summed E-state index contributed by atoms with van der Waals surface area (Å²) >= 11 is 0. The van der Waals surface area contributed by atoms with Crippen molar-refractivity contribution < 1.29 is 0 Å². The number of hydrogen-bond donors (Lipinski definition) is 0. The third kappa shape index (κ3) is 4.85. The first-order valence-corrected chi connectivity index (χ1v) is 17.5. The summed E-state index contributed by atoms with van der Waals surface area (Å²) in [4.78, 5) is 2.49. The average molecular weight is 640 g/mol. The standard InChI is InChI=1S/C49H37N/c1-49(2)43-27-16-26-41(35-19-8-4-9-20-35)48(43)42-31-30-38(33-44(42)49)50(45-28-15-14-24-39(45)34-17-6-3-7-18-34)46-32-29-36-21-12-13-25-40(36)47(46)37-22-10-5-11-23-37/h3-33H,1-2H3. The fourth-order valence-electron chi connectivity index (χ4n) is 8.07. The molecule has 0 aliphatic heterocycles. The number of nitrogens with zero attached hydrogens (tertiary/aromatic N) is 1. The molecule has 0 aromatic heterocycles. The highest BCUT2D eigenvalue weighted by molar-refractivity contribution is 6.06. The molecule has 0 N–H and O–H groups in total. The van der Waals surface area contributed by atoms with Crippen molar-refractivity contribution in [2.75, 3.05) is 4.90 Å². The lowest BCUT2D eigenvalue weighted by atomic mass is 9.81. The van der Waals surface area contributed by atoms with Gasteiger partial charge in [0, 0.05) is 22.2 Å². The van der Waals surface area contributed by atoms with Crippen LogP contribution in [0.2, 0.25) is 0 Å². The molecule has 8 aromatic rings. The van der Waals surface area contributed by atoms with E-state index in [1.807, 2.05) is 0 Å². The Morgan fingerprint density at radius 1 is 0.380 bits per heavy atom. The zero-order valence-corrected chi connectivity index (χ0v) is 28.3. The van der Waals surface area contributed by atoms with E-state index in [2.05, 4.69) is 207 Å². The summed E-state index contributed by atoms with van der Waals surface area (Å²) in [6, 6.07) is 68.6. The van der Waals surface area contributed by atoms with Gasteiger partial charge in [0.2, 0.25) is 0 Å². The Labute approximate surface area is 294 Å². The van der Waals surface area contributed by atoms with Crippen molar-refractivity contribution in [3.05, 3.63) is 199 Å². The molecular formula is C49H37N. The van der Waals surface area contributed by atoms with Crippen molar-refractivity contribution >= 4 is 27.8 Å². The van der Waals surface area contributed by atoms with E-state index in [9.17, 15) is 0 Å². The van der Waals surface area contributed by atoms with Gasteiger partial charge >= 0.3 is 0 Å². The van der Waals surface area contributed by atoms with Crippen LogP contribution in [-0.4, -0.2) is 0 Å². The molecule has 0 bridgehead atoms. The molecule has 0 atom stereocenters. The van der Waals surface area contributed by atoms with Gasteiger partial charge in [-0.25, -0.2) is 0 Å². The van der Waals surface area contributed by atoms with E-state index in [4.69, 9.17) is 0 Å². The molecule has 0 amide bonds. The summed E-state index contributed by atoms with van der Waals surface area (Å²) in [6.45, 7) is 4.76. The second-order valence-electron chi connectivity index (χ2n) is 13.7. The zero-order chi connectivity index (χ0) is 33.7. The Hall–Kier alpha value is -6.18. The van der Waals surface area contributed by atoms with Crippen molar-refractivity contribution in [2.24, 2.45) is 0 Å². The highest BCUT2D eigenvalue weighted by Gasteiger charge is 2.37. The summed E-state index contributed by atoms with van der Waals surface area (Å²) in [5.74, 6) is 0. The number of benzene rings is 8. The summed E-state index contributed by atoms with van der Waals surface area (Å²) < 4.78 is 0. The highest BCUT2D eigenvalue weighted by atomic mass is 15.1. The Morgan fingerprint density at radius 2 is 0.980 bits per heavy atom. The molecule has 0 saturated carbocycles. The van der Waals surface area contributed by atoms with Crippen molar-refractivity contribution in [2.45, 2.75) is 19.3 Å². The van der Waals surface area contributed by atoms with Crippen LogP contribution < -0.4 is 4.90 Å². The molecule has 0 spiro atoms. The van der Waals surface area contributed by atoms with Crippen molar-refractivity contribution in [1.29, 1.82) is 0 Å². The summed E-state index contributed by atoms with van der Waals surface area (Å²) in [5, 5.41) is 2.46. The predicted molar refractivity (Wildman–Crippen MR) is 213 cm³/mol. The van der Waals surface area contributed by atoms with Crippen molar-refractivity contribution in [3.8, 4) is 44.5 Å². The van der Waals surface area contributed by atoms with Crippen LogP contribution in [0.3, 0.4) is 0 Å². The van der Waals surface area contributed by atoms with E-state index < -0.39 is 0 Å². The van der Waals surface area contributed by atoms with Crippen LogP contribution in [0, 0.1) is 0 Å². The minimum absolute atomic E-state index is 0.179. The second kappa shape index (κ2) is 12.1. The molecule has 8 aromatic carbocycles. The maximum Gasteiger partial charge on any atom is 0.0546 e. The Kier molecular flexibility index (Phi) is 7.21. The summed E-state index contributed by atoms with van der Waals surface area (Å²) in [7, 11) is 0. The smallest absolute Gasteiger partial charge is 0.0546 e. The summed E-state index contributed by atoms with van der Waals surface area (Å²) in [5.41, 5.74) is 16.0. The topological polar surface area (TPSA) is 3.24 Å². The maximum atomic E-state index is 2.49. The molecule has 9 rings (SSSR count). The van der Waals surface area contributed by atoms with E-state index in [0.717, 1.165) is 17.1 Å². The molecule has 1 aliphatic rings. The van der Waals surface area contributed by atoms with Gasteiger partial charge in [-0.05, 0) is 79.5 Å². The lowest BCUT2D eigenvalue weighted by molar-refractivity contribution is 0.660. The van der Waals surface area contributed by atoms with Crippen LogP contribution in [0.1, 0.15) is 25.0 Å². The fourth-order valence-corrected chi connectivity index (χ4v) is 8.07. The highest BCUT2D eigenvalue weighted by Crippen LogP contribution is 2.54. The van der Waals surface area contributed by atoms with Gasteiger partial charge < -0.3 is 4.90 Å². The van der Waals surface area contributed by atoms with Gasteiger partial charge in [0.1, 0.15) is 0 Å². The molecule has 0 radical (unpaired) electrons. The van der Waals surface area contributed by atoms with Crippen LogP contribution in [-0.2, 0) is 5.41 Å². The lowest BCUT2D eigenvalue weighted by Crippen LogP contribution is -2.17. The normalized spacial score (nSPS) is 12.8. The van der Waals surface area contributed by atoms with Gasteiger partial charge in [-0.15, -0.1) is 0 Å². The van der Waals surface area contributed by atoms with Crippen molar-refractivity contribution in [1.82, 2.24) is 0 Å². The number of para-hydroxylation sites is 1. The molecule has 1 nitrogen and oxygen atoms in total. The van der Waals surface area contributed by atoms with Gasteiger partial charge in [-0.2, -0.15) is 0 Å². The first-order chi connectivity index (χ1) is 24.6. The first kappa shape index (κ1) is 29.9. The van der Waals surface area contributed by atoms with Gasteiger partial charge in [0.15, 0.2) is 0 Å². The quantitative estimate of drug-likeness (QED) is 0.175. The fraction of sp³-hybridized carbons (Fsp3) is 0.0612. The van der Waals surface area contributed by atoms with Gasteiger partial charge in [-0.3, -0.25) is 0 Å². The van der Waals surface area contributed by atoms with Crippen LogP contribution in [0.15, 0.2) is 188 Å². The summed E-state index contributed by atoms with van der Waals surface area (Å²) in [6.07, 6.45) is 0. The molecule has 0 saturated heterocycles. The predicted octanol–water partition coefficient (Wildman–Crippen LogP) is 13.6. The Balaban J connectivity index is 1.33. The second-order valence-corrected chi connectivity index (χ2v) is 13.7. The molecule has 238 valence electrons. The van der Waals surface area contributed by atoms with Gasteiger partial charge in [0.05, 0.1) is 11.4 Å². The molecule has 1 aliphatic carbocycles. The number of rotatable bonds is 6. The van der Waals surface area contributed by atoms with Crippen LogP contribution in [0.25, 0.3) is 55.3 Å². The molecule has 50 heavy (non-hydrogen) atoms. The van der Waals surface area contributed by atoms with Gasteiger partial charge in [-0.1, -0.05) is 178 Å². The van der Waals surface area contributed by atoms with E-state index in [1.165, 1.54) is 66.4 Å². The lowest BCUT2D eigenvalue weighted by Gasteiger charge is -2.32. The SMILES string of the molecule is CC1(C)c2cc(N(c3ccccc3-c3ccccc3)c3ccc4ccccc4c3-c3ccccc3)ccc2-c2c(-c3ccccc3)cccc21. The molecule has 0 fully saturated rings. The minimum atomic E-state index is -0.179. The minimum Gasteiger partial charge on any atom is -0.309 e. The molecular weight excluding hydrogens is 603 g/mol. The third-order valence-corrected chi connectivity index (χ3v) is 10.5. The Morgan fingerprint density at radius 3 is 1.72 bits per heavy atom. The van der Waals surface area contributed by atoms with E-state index in [1.54, 1.807) is 0 Å². The van der Waals surface area contributed by atoms with Crippen LogP contribution >= 0.6 is 0 Å². The zero-order valence-electron chi connectivity index (χ0n) is 28.3. The van der Waals surface area contributed by atoms with Crippen molar-refractivity contribution in [3.63, 3.8) is 0 Å². The van der Waals surface area contributed by atoms with Gasteiger partial charge in [0.25, 0.3) is 0 Å². The van der Waals surface area contributed by atoms with E-state index >= 15 is 0 Å². The van der Waals surface area contributed by atoms with Crippen LogP contribution in [0.4, 0.5) is 17.1 Å². The van der Waals surface area contributed by atoms with Crippen LogP contribution in [0.5, 0.6) is 0 Å². The number of fused-ring (bicyclic) bond motifs is 4. The maximum absolute atomic E-state index is 2.49. The monoisotopic (exact) mass is 639 g/mol. The van der Waals surface area contributed by atoms with E-state index in [-0.39, 0.29) is 5.41 Å². The van der Waals surface area contributed by atoms with E-state index in [0.29, 0.717) is 0 Å². The third-order valence-electron chi connectivity index (χ3n) is 10.5. The largest absolute Gasteiger partial charge is 0.309 e.